The summed E-state index contributed by atoms with van der Waals surface area (Å²) in [5, 5.41) is 11.3. The summed E-state index contributed by atoms with van der Waals surface area (Å²) in [6.45, 7) is 5.03. The van der Waals surface area contributed by atoms with Gasteiger partial charge >= 0.3 is 0 Å². The van der Waals surface area contributed by atoms with E-state index in [9.17, 15) is 0 Å². The fourth-order valence-electron chi connectivity index (χ4n) is 3.02. The van der Waals surface area contributed by atoms with Crippen molar-refractivity contribution in [3.63, 3.8) is 0 Å². The monoisotopic (exact) mass is 389 g/mol. The molecule has 0 aliphatic heterocycles. The second-order valence-electron chi connectivity index (χ2n) is 6.62. The molecule has 148 valence electrons. The summed E-state index contributed by atoms with van der Waals surface area (Å²) < 4.78 is 7.05. The maximum atomic E-state index is 5.24. The van der Waals surface area contributed by atoms with E-state index in [0.717, 1.165) is 35.6 Å². The molecule has 4 aromatic rings. The number of aromatic nitrogens is 5. The molecule has 4 heterocycles. The zero-order valence-electron chi connectivity index (χ0n) is 16.7. The summed E-state index contributed by atoms with van der Waals surface area (Å²) in [6, 6.07) is 11.4. The SMILES string of the molecule is CCCNc1cc(Nc2nc(-c3cccc(OC)n3)nn3ccc(C)c23)ccn1. The Morgan fingerprint density at radius 2 is 2.03 bits per heavy atom. The first-order chi connectivity index (χ1) is 14.2. The van der Waals surface area contributed by atoms with Crippen molar-refractivity contribution < 1.29 is 4.74 Å². The summed E-state index contributed by atoms with van der Waals surface area (Å²) in [5.74, 6) is 2.55. The molecular formula is C21H23N7O. The Kier molecular flexibility index (Phi) is 5.24. The molecule has 0 aliphatic rings. The Balaban J connectivity index is 1.76. The minimum atomic E-state index is 0.507. The van der Waals surface area contributed by atoms with E-state index in [4.69, 9.17) is 9.72 Å². The first kappa shape index (κ1) is 18.7. The van der Waals surface area contributed by atoms with E-state index in [0.29, 0.717) is 23.2 Å². The van der Waals surface area contributed by atoms with Crippen molar-refractivity contribution in [1.29, 1.82) is 0 Å². The van der Waals surface area contributed by atoms with Crippen LogP contribution in [0.5, 0.6) is 5.88 Å². The van der Waals surface area contributed by atoms with Gasteiger partial charge in [0.15, 0.2) is 5.82 Å². The number of methoxy groups -OCH3 is 1. The summed E-state index contributed by atoms with van der Waals surface area (Å²) in [5.41, 5.74) is 3.53. The van der Waals surface area contributed by atoms with Gasteiger partial charge in [-0.15, -0.1) is 5.10 Å². The topological polar surface area (TPSA) is 89.3 Å². The first-order valence-corrected chi connectivity index (χ1v) is 9.52. The van der Waals surface area contributed by atoms with Gasteiger partial charge in [-0.1, -0.05) is 13.0 Å². The highest BCUT2D eigenvalue weighted by Gasteiger charge is 2.14. The van der Waals surface area contributed by atoms with Crippen LogP contribution in [-0.2, 0) is 0 Å². The molecule has 0 spiro atoms. The van der Waals surface area contributed by atoms with Gasteiger partial charge in [0.1, 0.15) is 17.0 Å². The van der Waals surface area contributed by atoms with Crippen LogP contribution < -0.4 is 15.4 Å². The molecule has 29 heavy (non-hydrogen) atoms. The lowest BCUT2D eigenvalue weighted by Crippen LogP contribution is -2.06. The number of anilines is 3. The van der Waals surface area contributed by atoms with Crippen LogP contribution in [0.2, 0.25) is 0 Å². The summed E-state index contributed by atoms with van der Waals surface area (Å²) >= 11 is 0. The van der Waals surface area contributed by atoms with Gasteiger partial charge in [0, 0.05) is 36.8 Å². The van der Waals surface area contributed by atoms with Crippen LogP contribution >= 0.6 is 0 Å². The summed E-state index contributed by atoms with van der Waals surface area (Å²) in [6.07, 6.45) is 4.72. The quantitative estimate of drug-likeness (QED) is 0.492. The standard InChI is InChI=1S/C21H23N7O/c1-4-10-22-17-13-15(8-11-23-17)24-21-19-14(2)9-12-28(19)27-20(26-21)16-6-5-7-18(25-16)29-3/h5-9,11-13H,4,10H2,1-3H3,(H2,22,23,24,26,27). The molecule has 8 nitrogen and oxygen atoms in total. The Morgan fingerprint density at radius 3 is 2.86 bits per heavy atom. The van der Waals surface area contributed by atoms with E-state index in [2.05, 4.69) is 32.6 Å². The minimum absolute atomic E-state index is 0.507. The third-order valence-corrected chi connectivity index (χ3v) is 4.45. The third-order valence-electron chi connectivity index (χ3n) is 4.45. The number of nitrogens with one attached hydrogen (secondary N) is 2. The third kappa shape index (κ3) is 3.96. The second-order valence-corrected chi connectivity index (χ2v) is 6.62. The average Bonchev–Trinajstić information content (AvgIpc) is 3.13. The van der Waals surface area contributed by atoms with Gasteiger partial charge in [-0.3, -0.25) is 0 Å². The van der Waals surface area contributed by atoms with E-state index in [1.165, 1.54) is 0 Å². The van der Waals surface area contributed by atoms with Gasteiger partial charge in [-0.2, -0.15) is 0 Å². The maximum Gasteiger partial charge on any atom is 0.213 e. The Hall–Kier alpha value is -3.68. The van der Waals surface area contributed by atoms with Crippen molar-refractivity contribution in [3.8, 4) is 17.4 Å². The lowest BCUT2D eigenvalue weighted by molar-refractivity contribution is 0.398. The molecule has 2 N–H and O–H groups in total. The van der Waals surface area contributed by atoms with Gasteiger partial charge in [-0.25, -0.2) is 19.5 Å². The van der Waals surface area contributed by atoms with Crippen molar-refractivity contribution in [2.24, 2.45) is 0 Å². The Labute approximate surface area is 169 Å². The Bertz CT molecular complexity index is 1140. The van der Waals surface area contributed by atoms with Crippen molar-refractivity contribution in [3.05, 3.63) is 54.4 Å². The highest BCUT2D eigenvalue weighted by molar-refractivity contribution is 5.78. The molecule has 4 rings (SSSR count). The average molecular weight is 389 g/mol. The van der Waals surface area contributed by atoms with E-state index < -0.39 is 0 Å². The lowest BCUT2D eigenvalue weighted by atomic mass is 10.3. The van der Waals surface area contributed by atoms with Crippen molar-refractivity contribution in [2.45, 2.75) is 20.3 Å². The summed E-state index contributed by atoms with van der Waals surface area (Å²) in [7, 11) is 1.59. The van der Waals surface area contributed by atoms with E-state index in [1.807, 2.05) is 48.0 Å². The number of nitrogens with zero attached hydrogens (tertiary/aromatic N) is 5. The highest BCUT2D eigenvalue weighted by atomic mass is 16.5. The van der Waals surface area contributed by atoms with E-state index >= 15 is 0 Å². The normalized spacial score (nSPS) is 10.9. The van der Waals surface area contributed by atoms with Crippen LogP contribution in [0.4, 0.5) is 17.3 Å². The van der Waals surface area contributed by atoms with Crippen molar-refractivity contribution in [1.82, 2.24) is 24.6 Å². The number of fused-ring (bicyclic) bond motifs is 1. The molecule has 0 unspecified atom stereocenters. The Morgan fingerprint density at radius 1 is 1.14 bits per heavy atom. The van der Waals surface area contributed by atoms with Gasteiger partial charge in [0.2, 0.25) is 11.7 Å². The molecule has 0 radical (unpaired) electrons. The van der Waals surface area contributed by atoms with Crippen LogP contribution in [0, 0.1) is 6.92 Å². The van der Waals surface area contributed by atoms with Crippen LogP contribution in [0.25, 0.3) is 17.0 Å². The van der Waals surface area contributed by atoms with Crippen molar-refractivity contribution in [2.75, 3.05) is 24.3 Å². The molecular weight excluding hydrogens is 366 g/mol. The zero-order chi connectivity index (χ0) is 20.2. The molecule has 0 aromatic carbocycles. The molecule has 0 bridgehead atoms. The lowest BCUT2D eigenvalue weighted by Gasteiger charge is -2.12. The zero-order valence-corrected chi connectivity index (χ0v) is 16.7. The molecule has 0 saturated heterocycles. The number of hydrogen-bond acceptors (Lipinski definition) is 7. The number of ether oxygens (including phenoxy) is 1. The van der Waals surface area contributed by atoms with Gasteiger partial charge in [0.25, 0.3) is 0 Å². The van der Waals surface area contributed by atoms with Gasteiger partial charge < -0.3 is 15.4 Å². The van der Waals surface area contributed by atoms with E-state index in [1.54, 1.807) is 19.4 Å². The van der Waals surface area contributed by atoms with Crippen LogP contribution in [0.15, 0.2) is 48.8 Å². The first-order valence-electron chi connectivity index (χ1n) is 9.52. The second kappa shape index (κ2) is 8.14. The molecule has 0 aliphatic carbocycles. The smallest absolute Gasteiger partial charge is 0.213 e. The summed E-state index contributed by atoms with van der Waals surface area (Å²) in [4.78, 5) is 13.6. The fourth-order valence-corrected chi connectivity index (χ4v) is 3.02. The van der Waals surface area contributed by atoms with Crippen LogP contribution in [0.1, 0.15) is 18.9 Å². The van der Waals surface area contributed by atoms with E-state index in [-0.39, 0.29) is 0 Å². The van der Waals surface area contributed by atoms with Gasteiger partial charge in [-0.05, 0) is 37.1 Å². The number of aryl methyl sites for hydroxylation is 1. The maximum absolute atomic E-state index is 5.24. The minimum Gasteiger partial charge on any atom is -0.481 e. The predicted molar refractivity (Wildman–Crippen MR) is 114 cm³/mol. The highest BCUT2D eigenvalue weighted by Crippen LogP contribution is 2.26. The van der Waals surface area contributed by atoms with Crippen LogP contribution in [-0.4, -0.2) is 38.2 Å². The van der Waals surface area contributed by atoms with Gasteiger partial charge in [0.05, 0.1) is 7.11 Å². The molecule has 0 amide bonds. The molecule has 0 atom stereocenters. The number of pyridine rings is 2. The molecule has 4 aromatic heterocycles. The molecule has 8 heteroatoms. The van der Waals surface area contributed by atoms with Crippen molar-refractivity contribution >= 4 is 22.8 Å². The largest absolute Gasteiger partial charge is 0.481 e. The molecule has 0 saturated carbocycles. The number of rotatable bonds is 7. The fraction of sp³-hybridized carbons (Fsp3) is 0.238. The predicted octanol–water partition coefficient (Wildman–Crippen LogP) is 4.07. The number of hydrogen-bond donors (Lipinski definition) is 2. The van der Waals surface area contributed by atoms with Crippen LogP contribution in [0.3, 0.4) is 0 Å². The molecule has 0 fully saturated rings.